The van der Waals surface area contributed by atoms with Crippen molar-refractivity contribution in [3.63, 3.8) is 0 Å². The van der Waals surface area contributed by atoms with Gasteiger partial charge < -0.3 is 5.32 Å². The second kappa shape index (κ2) is 7.17. The highest BCUT2D eigenvalue weighted by Crippen LogP contribution is 2.30. The Bertz CT molecular complexity index is 420. The quantitative estimate of drug-likeness (QED) is 0.920. The van der Waals surface area contributed by atoms with E-state index in [1.54, 1.807) is 6.92 Å². The fourth-order valence-corrected chi connectivity index (χ4v) is 2.62. The van der Waals surface area contributed by atoms with E-state index in [1.807, 2.05) is 6.92 Å². The number of aryl methyl sites for hydroxylation is 1. The SMILES string of the molecule is CC[C@@H](c1c(F)ccc(C)c1F)N1CCNCC1.Cl. The van der Waals surface area contributed by atoms with Crippen LogP contribution in [0.1, 0.15) is 30.5 Å². The molecule has 19 heavy (non-hydrogen) atoms. The van der Waals surface area contributed by atoms with Crippen molar-refractivity contribution in [2.75, 3.05) is 26.2 Å². The van der Waals surface area contributed by atoms with Gasteiger partial charge in [-0.15, -0.1) is 12.4 Å². The number of nitrogens with zero attached hydrogens (tertiary/aromatic N) is 1. The van der Waals surface area contributed by atoms with Crippen LogP contribution in [0.3, 0.4) is 0 Å². The van der Waals surface area contributed by atoms with Crippen LogP contribution in [-0.2, 0) is 0 Å². The van der Waals surface area contributed by atoms with Crippen LogP contribution < -0.4 is 5.32 Å². The second-order valence-corrected chi connectivity index (χ2v) is 4.80. The van der Waals surface area contributed by atoms with Gasteiger partial charge in [0.2, 0.25) is 0 Å². The highest BCUT2D eigenvalue weighted by atomic mass is 35.5. The Kier molecular flexibility index (Phi) is 6.17. The van der Waals surface area contributed by atoms with E-state index in [9.17, 15) is 8.78 Å². The van der Waals surface area contributed by atoms with Gasteiger partial charge in [-0.2, -0.15) is 0 Å². The molecular weight excluding hydrogens is 270 g/mol. The predicted molar refractivity (Wildman–Crippen MR) is 75.8 cm³/mol. The molecule has 1 aromatic carbocycles. The highest BCUT2D eigenvalue weighted by Gasteiger charge is 2.26. The molecule has 1 fully saturated rings. The van der Waals surface area contributed by atoms with Crippen molar-refractivity contribution in [3.8, 4) is 0 Å². The minimum Gasteiger partial charge on any atom is -0.314 e. The molecule has 1 N–H and O–H groups in total. The molecule has 1 aliphatic heterocycles. The molecule has 5 heteroatoms. The van der Waals surface area contributed by atoms with Gasteiger partial charge in [0.15, 0.2) is 0 Å². The van der Waals surface area contributed by atoms with Gasteiger partial charge in [-0.05, 0) is 25.0 Å². The molecule has 1 atom stereocenters. The van der Waals surface area contributed by atoms with Gasteiger partial charge in [0.05, 0.1) is 0 Å². The molecule has 1 aliphatic rings. The van der Waals surface area contributed by atoms with Crippen LogP contribution in [0.15, 0.2) is 12.1 Å². The van der Waals surface area contributed by atoms with Crippen molar-refractivity contribution in [3.05, 3.63) is 34.9 Å². The van der Waals surface area contributed by atoms with Crippen LogP contribution in [0.2, 0.25) is 0 Å². The molecule has 0 bridgehead atoms. The molecule has 0 amide bonds. The van der Waals surface area contributed by atoms with Crippen molar-refractivity contribution >= 4 is 12.4 Å². The van der Waals surface area contributed by atoms with Crippen LogP contribution in [0, 0.1) is 18.6 Å². The zero-order chi connectivity index (χ0) is 13.1. The predicted octanol–water partition coefficient (Wildman–Crippen LogP) is 3.05. The van der Waals surface area contributed by atoms with Crippen molar-refractivity contribution in [2.45, 2.75) is 26.3 Å². The first-order valence-electron chi connectivity index (χ1n) is 6.54. The van der Waals surface area contributed by atoms with Crippen molar-refractivity contribution in [1.82, 2.24) is 10.2 Å². The van der Waals surface area contributed by atoms with E-state index < -0.39 is 5.82 Å². The number of rotatable bonds is 3. The Morgan fingerprint density at radius 3 is 2.47 bits per heavy atom. The molecule has 2 rings (SSSR count). The third-order valence-corrected chi connectivity index (χ3v) is 3.63. The molecule has 1 saturated heterocycles. The van der Waals surface area contributed by atoms with E-state index in [0.29, 0.717) is 5.56 Å². The molecule has 0 aromatic heterocycles. The number of hydrogen-bond donors (Lipinski definition) is 1. The van der Waals surface area contributed by atoms with Crippen molar-refractivity contribution in [2.24, 2.45) is 0 Å². The lowest BCUT2D eigenvalue weighted by atomic mass is 9.98. The van der Waals surface area contributed by atoms with Gasteiger partial charge in [-0.1, -0.05) is 13.0 Å². The normalized spacial score (nSPS) is 17.9. The Morgan fingerprint density at radius 1 is 1.26 bits per heavy atom. The smallest absolute Gasteiger partial charge is 0.133 e. The van der Waals surface area contributed by atoms with Crippen LogP contribution >= 0.6 is 12.4 Å². The minimum absolute atomic E-state index is 0. The molecule has 0 aliphatic carbocycles. The van der Waals surface area contributed by atoms with E-state index in [2.05, 4.69) is 10.2 Å². The van der Waals surface area contributed by atoms with Crippen LogP contribution in [0.4, 0.5) is 8.78 Å². The molecule has 1 aromatic rings. The van der Waals surface area contributed by atoms with Gasteiger partial charge in [-0.3, -0.25) is 4.90 Å². The topological polar surface area (TPSA) is 15.3 Å². The summed E-state index contributed by atoms with van der Waals surface area (Å²) in [5.41, 5.74) is 0.749. The lowest BCUT2D eigenvalue weighted by molar-refractivity contribution is 0.162. The molecule has 0 radical (unpaired) electrons. The number of benzene rings is 1. The number of nitrogens with one attached hydrogen (secondary N) is 1. The molecular formula is C14H21ClF2N2. The summed E-state index contributed by atoms with van der Waals surface area (Å²) >= 11 is 0. The Labute approximate surface area is 119 Å². The monoisotopic (exact) mass is 290 g/mol. The highest BCUT2D eigenvalue weighted by molar-refractivity contribution is 5.85. The molecule has 0 unspecified atom stereocenters. The summed E-state index contributed by atoms with van der Waals surface area (Å²) in [4.78, 5) is 2.16. The van der Waals surface area contributed by atoms with Gasteiger partial charge in [0, 0.05) is 37.8 Å². The van der Waals surface area contributed by atoms with E-state index in [0.717, 1.165) is 32.6 Å². The summed E-state index contributed by atoms with van der Waals surface area (Å²) < 4.78 is 28.1. The number of piperazine rings is 1. The number of halogens is 3. The van der Waals surface area contributed by atoms with E-state index in [4.69, 9.17) is 0 Å². The van der Waals surface area contributed by atoms with Crippen LogP contribution in [0.25, 0.3) is 0 Å². The summed E-state index contributed by atoms with van der Waals surface area (Å²) in [6, 6.07) is 2.71. The van der Waals surface area contributed by atoms with Gasteiger partial charge in [-0.25, -0.2) is 8.78 Å². The molecule has 0 spiro atoms. The Morgan fingerprint density at radius 2 is 1.89 bits per heavy atom. The molecule has 0 saturated carbocycles. The lowest BCUT2D eigenvalue weighted by Crippen LogP contribution is -2.45. The fourth-order valence-electron chi connectivity index (χ4n) is 2.62. The summed E-state index contributed by atoms with van der Waals surface area (Å²) in [6.45, 7) is 7.10. The van der Waals surface area contributed by atoms with Crippen molar-refractivity contribution < 1.29 is 8.78 Å². The Balaban J connectivity index is 0.00000180. The molecule has 108 valence electrons. The summed E-state index contributed by atoms with van der Waals surface area (Å²) in [5, 5.41) is 3.26. The largest absolute Gasteiger partial charge is 0.314 e. The first kappa shape index (κ1) is 16.3. The number of hydrogen-bond acceptors (Lipinski definition) is 2. The fraction of sp³-hybridized carbons (Fsp3) is 0.571. The Hall–Kier alpha value is -0.710. The third kappa shape index (κ3) is 3.44. The first-order chi connectivity index (χ1) is 8.65. The van der Waals surface area contributed by atoms with E-state index >= 15 is 0 Å². The first-order valence-corrected chi connectivity index (χ1v) is 6.54. The minimum atomic E-state index is -0.427. The van der Waals surface area contributed by atoms with E-state index in [-0.39, 0.29) is 29.8 Å². The second-order valence-electron chi connectivity index (χ2n) is 4.80. The average molecular weight is 291 g/mol. The van der Waals surface area contributed by atoms with Gasteiger partial charge in [0.1, 0.15) is 11.6 Å². The summed E-state index contributed by atoms with van der Waals surface area (Å²) in [5.74, 6) is -0.816. The van der Waals surface area contributed by atoms with Crippen molar-refractivity contribution in [1.29, 1.82) is 0 Å². The van der Waals surface area contributed by atoms with Crippen LogP contribution in [-0.4, -0.2) is 31.1 Å². The third-order valence-electron chi connectivity index (χ3n) is 3.63. The zero-order valence-electron chi connectivity index (χ0n) is 11.4. The maximum Gasteiger partial charge on any atom is 0.133 e. The van der Waals surface area contributed by atoms with Crippen LogP contribution in [0.5, 0.6) is 0 Å². The maximum absolute atomic E-state index is 14.2. The van der Waals surface area contributed by atoms with Gasteiger partial charge >= 0.3 is 0 Å². The maximum atomic E-state index is 14.2. The molecule has 2 nitrogen and oxygen atoms in total. The summed E-state index contributed by atoms with van der Waals surface area (Å²) in [7, 11) is 0. The summed E-state index contributed by atoms with van der Waals surface area (Å²) in [6.07, 6.45) is 0.720. The zero-order valence-corrected chi connectivity index (χ0v) is 12.2. The van der Waals surface area contributed by atoms with Gasteiger partial charge in [0.25, 0.3) is 0 Å². The standard InChI is InChI=1S/C14H20F2N2.ClH/c1-3-12(18-8-6-17-7-9-18)13-11(15)5-4-10(2)14(13)16;/h4-5,12,17H,3,6-9H2,1-2H3;1H/t12-;/m0./s1. The average Bonchev–Trinajstić information content (AvgIpc) is 2.40. The molecule has 1 heterocycles. The lowest BCUT2D eigenvalue weighted by Gasteiger charge is -2.35. The van der Waals surface area contributed by atoms with E-state index in [1.165, 1.54) is 12.1 Å².